The predicted octanol–water partition coefficient (Wildman–Crippen LogP) is 3.76. The Labute approximate surface area is 172 Å². The number of aromatic nitrogens is 2. The van der Waals surface area contributed by atoms with Gasteiger partial charge in [0.15, 0.2) is 15.5 Å². The second kappa shape index (κ2) is 7.43. The van der Waals surface area contributed by atoms with Crippen molar-refractivity contribution in [1.82, 2.24) is 9.97 Å². The Balaban J connectivity index is 1.80. The normalized spacial score (nSPS) is 11.8. The summed E-state index contributed by atoms with van der Waals surface area (Å²) in [7, 11) is -1.79. The van der Waals surface area contributed by atoms with Gasteiger partial charge in [-0.15, -0.1) is 0 Å². The summed E-state index contributed by atoms with van der Waals surface area (Å²) in [4.78, 5) is 19.1. The maximum atomic E-state index is 11.6. The molecule has 0 bridgehead atoms. The van der Waals surface area contributed by atoms with Crippen molar-refractivity contribution in [3.8, 4) is 11.5 Å². The van der Waals surface area contributed by atoms with Gasteiger partial charge >= 0.3 is 5.97 Å². The van der Waals surface area contributed by atoms with Crippen molar-refractivity contribution in [2.24, 2.45) is 0 Å². The number of fused-ring (bicyclic) bond motifs is 3. The first kappa shape index (κ1) is 19.9. The summed E-state index contributed by atoms with van der Waals surface area (Å²) in [6.45, 7) is 0.0942. The minimum atomic E-state index is -3.28. The molecule has 2 heterocycles. The van der Waals surface area contributed by atoms with Crippen molar-refractivity contribution < 1.29 is 27.8 Å². The first-order chi connectivity index (χ1) is 14.3. The monoisotopic (exact) mass is 426 g/mol. The maximum Gasteiger partial charge on any atom is 0.354 e. The number of H-pyrrole nitrogens is 1. The molecule has 0 aliphatic carbocycles. The molecule has 0 fully saturated rings. The third-order valence-corrected chi connectivity index (χ3v) is 5.82. The van der Waals surface area contributed by atoms with E-state index in [-0.39, 0.29) is 17.2 Å². The second-order valence-corrected chi connectivity index (χ2v) is 8.81. The Kier molecular flexibility index (Phi) is 4.92. The van der Waals surface area contributed by atoms with Crippen LogP contribution in [-0.2, 0) is 21.2 Å². The quantitative estimate of drug-likeness (QED) is 0.482. The highest BCUT2D eigenvalue weighted by atomic mass is 32.2. The largest absolute Gasteiger partial charge is 0.477 e. The van der Waals surface area contributed by atoms with E-state index in [1.807, 2.05) is 6.07 Å². The first-order valence-electron chi connectivity index (χ1n) is 8.91. The lowest BCUT2D eigenvalue weighted by atomic mass is 10.1. The zero-order valence-electron chi connectivity index (χ0n) is 16.2. The van der Waals surface area contributed by atoms with E-state index in [9.17, 15) is 18.3 Å². The summed E-state index contributed by atoms with van der Waals surface area (Å²) >= 11 is 0. The Morgan fingerprint density at radius 2 is 1.80 bits per heavy atom. The lowest BCUT2D eigenvalue weighted by molar-refractivity contribution is 0.0685. The molecule has 0 atom stereocenters. The minimum Gasteiger partial charge on any atom is -0.477 e. The molecule has 8 nitrogen and oxygen atoms in total. The number of aromatic carboxylic acids is 1. The van der Waals surface area contributed by atoms with E-state index in [4.69, 9.17) is 9.47 Å². The number of nitrogens with zero attached hydrogens (tertiary/aromatic N) is 1. The van der Waals surface area contributed by atoms with Crippen LogP contribution in [0.15, 0.2) is 53.6 Å². The van der Waals surface area contributed by atoms with Gasteiger partial charge in [-0.1, -0.05) is 0 Å². The molecular weight excluding hydrogens is 408 g/mol. The average Bonchev–Trinajstić information content (AvgIpc) is 3.06. The highest BCUT2D eigenvalue weighted by Crippen LogP contribution is 2.34. The number of methoxy groups -OCH3 is 1. The molecule has 0 saturated carbocycles. The molecule has 0 radical (unpaired) electrons. The molecule has 9 heteroatoms. The summed E-state index contributed by atoms with van der Waals surface area (Å²) in [6, 6.07) is 11.5. The molecule has 4 aromatic rings. The smallest absolute Gasteiger partial charge is 0.354 e. The summed E-state index contributed by atoms with van der Waals surface area (Å²) < 4.78 is 34.3. The summed E-state index contributed by atoms with van der Waals surface area (Å²) in [5, 5.41) is 11.0. The van der Waals surface area contributed by atoms with Gasteiger partial charge in [0.25, 0.3) is 0 Å². The molecule has 154 valence electrons. The van der Waals surface area contributed by atoms with Crippen molar-refractivity contribution in [3.63, 3.8) is 0 Å². The van der Waals surface area contributed by atoms with Gasteiger partial charge in [0.1, 0.15) is 11.5 Å². The Hall–Kier alpha value is -3.43. The van der Waals surface area contributed by atoms with E-state index in [0.717, 1.165) is 17.2 Å². The van der Waals surface area contributed by atoms with E-state index in [1.54, 1.807) is 24.3 Å². The fourth-order valence-electron chi connectivity index (χ4n) is 3.36. The average molecular weight is 426 g/mol. The van der Waals surface area contributed by atoms with E-state index < -0.39 is 15.8 Å². The van der Waals surface area contributed by atoms with Crippen molar-refractivity contribution in [1.29, 1.82) is 0 Å². The van der Waals surface area contributed by atoms with E-state index >= 15 is 0 Å². The Bertz CT molecular complexity index is 1370. The van der Waals surface area contributed by atoms with Gasteiger partial charge in [-0.2, -0.15) is 0 Å². The lowest BCUT2D eigenvalue weighted by Gasteiger charge is -2.08. The fourth-order valence-corrected chi connectivity index (χ4v) is 3.99. The number of sulfone groups is 1. The first-order valence-corrected chi connectivity index (χ1v) is 10.8. The van der Waals surface area contributed by atoms with Gasteiger partial charge < -0.3 is 19.6 Å². The van der Waals surface area contributed by atoms with E-state index in [0.29, 0.717) is 28.0 Å². The van der Waals surface area contributed by atoms with Crippen LogP contribution in [0, 0.1) is 0 Å². The SMILES string of the molecule is COCc1c(C(=O)O)ncc2[nH]c3ccc(Oc4ccc(S(C)(=O)=O)cc4)cc3c12. The van der Waals surface area contributed by atoms with Gasteiger partial charge in [-0.25, -0.2) is 18.2 Å². The van der Waals surface area contributed by atoms with Crippen molar-refractivity contribution >= 4 is 37.6 Å². The molecule has 0 aliphatic rings. The molecule has 0 unspecified atom stereocenters. The second-order valence-electron chi connectivity index (χ2n) is 6.79. The van der Waals surface area contributed by atoms with Gasteiger partial charge in [-0.05, 0) is 42.5 Å². The highest BCUT2D eigenvalue weighted by molar-refractivity contribution is 7.90. The number of aromatic amines is 1. The van der Waals surface area contributed by atoms with Crippen molar-refractivity contribution in [2.75, 3.05) is 13.4 Å². The van der Waals surface area contributed by atoms with Gasteiger partial charge in [0.05, 0.1) is 23.2 Å². The molecule has 0 spiro atoms. The Morgan fingerprint density at radius 1 is 1.10 bits per heavy atom. The number of pyridine rings is 1. The van der Waals surface area contributed by atoms with Crippen LogP contribution in [0.4, 0.5) is 0 Å². The molecule has 0 amide bonds. The number of hydrogen-bond donors (Lipinski definition) is 2. The van der Waals surface area contributed by atoms with Crippen LogP contribution >= 0.6 is 0 Å². The van der Waals surface area contributed by atoms with Gasteiger partial charge in [0, 0.05) is 35.2 Å². The number of carboxylic acid groups (broad SMARTS) is 1. The van der Waals surface area contributed by atoms with E-state index in [2.05, 4.69) is 9.97 Å². The molecule has 2 N–H and O–H groups in total. The van der Waals surface area contributed by atoms with Crippen molar-refractivity contribution in [3.05, 3.63) is 59.9 Å². The third kappa shape index (κ3) is 3.60. The maximum absolute atomic E-state index is 11.6. The molecule has 2 aromatic heterocycles. The number of hydrogen-bond acceptors (Lipinski definition) is 6. The van der Waals surface area contributed by atoms with Gasteiger partial charge in [0.2, 0.25) is 0 Å². The number of nitrogens with one attached hydrogen (secondary N) is 1. The fraction of sp³-hybridized carbons (Fsp3) is 0.143. The number of rotatable bonds is 6. The van der Waals surface area contributed by atoms with Crippen LogP contribution < -0.4 is 4.74 Å². The van der Waals surface area contributed by atoms with Crippen LogP contribution in [0.5, 0.6) is 11.5 Å². The summed E-state index contributed by atoms with van der Waals surface area (Å²) in [6.07, 6.45) is 2.63. The topological polar surface area (TPSA) is 119 Å². The zero-order chi connectivity index (χ0) is 21.5. The van der Waals surface area contributed by atoms with Crippen LogP contribution in [0.25, 0.3) is 21.8 Å². The van der Waals surface area contributed by atoms with Crippen molar-refractivity contribution in [2.45, 2.75) is 11.5 Å². The minimum absolute atomic E-state index is 0.0621. The molecular formula is C21H18N2O6S. The van der Waals surface area contributed by atoms with Crippen LogP contribution in [0.3, 0.4) is 0 Å². The van der Waals surface area contributed by atoms with Gasteiger partial charge in [-0.3, -0.25) is 0 Å². The summed E-state index contributed by atoms with van der Waals surface area (Å²) in [5.74, 6) is -0.129. The molecule has 30 heavy (non-hydrogen) atoms. The molecule has 0 saturated heterocycles. The Morgan fingerprint density at radius 3 is 2.43 bits per heavy atom. The molecule has 4 rings (SSSR count). The standard InChI is InChI=1S/C21H18N2O6S/c1-28-11-16-19-15-9-13(29-12-3-6-14(7-4-12)30(2,26)27)5-8-17(15)23-18(19)10-22-20(16)21(24)25/h3-10,23H,11H2,1-2H3,(H,24,25). The zero-order valence-corrected chi connectivity index (χ0v) is 17.0. The number of ether oxygens (including phenoxy) is 2. The van der Waals surface area contributed by atoms with Crippen LogP contribution in [0.2, 0.25) is 0 Å². The van der Waals surface area contributed by atoms with Crippen LogP contribution in [-0.4, -0.2) is 42.8 Å². The third-order valence-electron chi connectivity index (χ3n) is 4.69. The number of carboxylic acids is 1. The predicted molar refractivity (Wildman–Crippen MR) is 111 cm³/mol. The lowest BCUT2D eigenvalue weighted by Crippen LogP contribution is -2.07. The van der Waals surface area contributed by atoms with Crippen LogP contribution in [0.1, 0.15) is 16.1 Å². The molecule has 2 aromatic carbocycles. The highest BCUT2D eigenvalue weighted by Gasteiger charge is 2.19. The number of carbonyl (C=O) groups is 1. The van der Waals surface area contributed by atoms with E-state index in [1.165, 1.54) is 25.4 Å². The number of benzene rings is 2. The summed E-state index contributed by atoms with van der Waals surface area (Å²) in [5.41, 5.74) is 1.90. The molecule has 0 aliphatic heterocycles.